The Hall–Kier alpha value is -2.60. The van der Waals surface area contributed by atoms with Crippen molar-refractivity contribution in [1.29, 1.82) is 0 Å². The molecule has 0 saturated heterocycles. The van der Waals surface area contributed by atoms with Gasteiger partial charge in [-0.25, -0.2) is 18.4 Å². The van der Waals surface area contributed by atoms with E-state index in [0.29, 0.717) is 18.2 Å². The number of aromatic carboxylic acids is 2. The van der Waals surface area contributed by atoms with Crippen molar-refractivity contribution in [2.45, 2.75) is 24.2 Å². The molecule has 2 N–H and O–H groups in total. The van der Waals surface area contributed by atoms with Crippen molar-refractivity contribution in [3.8, 4) is 5.75 Å². The first-order valence-corrected chi connectivity index (χ1v) is 6.30. The van der Waals surface area contributed by atoms with Gasteiger partial charge in [-0.1, -0.05) is 0 Å². The van der Waals surface area contributed by atoms with Gasteiger partial charge in [0.15, 0.2) is 6.61 Å². The zero-order chi connectivity index (χ0) is 20.5. The molecule has 5 nitrogen and oxygen atoms in total. The standard InChI is InChI=1S/C13H8F8O5/c14-10(15)12(18,19)13(20,21)11(16,17)4-26-5-1-2-6(8(22)23)7(3-5)9(24)25/h1-3,10H,4H2,(H,22,23)(H,24,25). The molecule has 0 aliphatic carbocycles. The molecule has 0 aliphatic rings. The van der Waals surface area contributed by atoms with E-state index in [9.17, 15) is 44.7 Å². The van der Waals surface area contributed by atoms with Crippen LogP contribution in [0.3, 0.4) is 0 Å². The third-order valence-electron chi connectivity index (χ3n) is 3.02. The Morgan fingerprint density at radius 2 is 1.46 bits per heavy atom. The van der Waals surface area contributed by atoms with E-state index in [2.05, 4.69) is 4.74 Å². The molecule has 0 saturated carbocycles. The second kappa shape index (κ2) is 6.96. The summed E-state index contributed by atoms with van der Waals surface area (Å²) in [6.07, 6.45) is -5.09. The molecular weight excluding hydrogens is 388 g/mol. The van der Waals surface area contributed by atoms with Crippen LogP contribution >= 0.6 is 0 Å². The number of carbonyl (C=O) groups is 2. The molecule has 13 heteroatoms. The van der Waals surface area contributed by atoms with Gasteiger partial charge >= 0.3 is 36.1 Å². The molecule has 1 aromatic rings. The molecule has 0 aliphatic heterocycles. The van der Waals surface area contributed by atoms with Gasteiger partial charge in [-0.05, 0) is 18.2 Å². The van der Waals surface area contributed by atoms with Gasteiger partial charge in [0.05, 0.1) is 11.1 Å². The maximum Gasteiger partial charge on any atom is 0.381 e. The van der Waals surface area contributed by atoms with Crippen LogP contribution < -0.4 is 4.74 Å². The fraction of sp³-hybridized carbons (Fsp3) is 0.385. The van der Waals surface area contributed by atoms with Crippen molar-refractivity contribution in [3.05, 3.63) is 29.3 Å². The lowest BCUT2D eigenvalue weighted by Gasteiger charge is -2.32. The Morgan fingerprint density at radius 1 is 0.962 bits per heavy atom. The van der Waals surface area contributed by atoms with Gasteiger partial charge in [0.2, 0.25) is 0 Å². The van der Waals surface area contributed by atoms with Crippen molar-refractivity contribution < 1.29 is 59.7 Å². The third kappa shape index (κ3) is 3.80. The molecule has 0 unspecified atom stereocenters. The number of halogens is 8. The first-order valence-electron chi connectivity index (χ1n) is 6.30. The number of rotatable bonds is 8. The Morgan fingerprint density at radius 3 is 1.88 bits per heavy atom. The molecule has 0 radical (unpaired) electrons. The van der Waals surface area contributed by atoms with Gasteiger partial charge in [-0.2, -0.15) is 26.3 Å². The molecule has 0 amide bonds. The molecule has 0 fully saturated rings. The van der Waals surface area contributed by atoms with Crippen LogP contribution in [0.2, 0.25) is 0 Å². The number of hydrogen-bond donors (Lipinski definition) is 2. The summed E-state index contributed by atoms with van der Waals surface area (Å²) in [5.41, 5.74) is -1.77. The number of alkyl halides is 8. The van der Waals surface area contributed by atoms with Crippen molar-refractivity contribution in [3.63, 3.8) is 0 Å². The minimum Gasteiger partial charge on any atom is -0.487 e. The first-order chi connectivity index (χ1) is 11.6. The number of benzene rings is 1. The number of carboxylic acid groups (broad SMARTS) is 2. The summed E-state index contributed by atoms with van der Waals surface area (Å²) >= 11 is 0. The van der Waals surface area contributed by atoms with E-state index in [1.54, 1.807) is 0 Å². The topological polar surface area (TPSA) is 83.8 Å². The molecule has 1 aromatic carbocycles. The molecule has 0 heterocycles. The minimum absolute atomic E-state index is 0.366. The first kappa shape index (κ1) is 21.4. The average Bonchev–Trinajstić information content (AvgIpc) is 2.51. The predicted octanol–water partition coefficient (Wildman–Crippen LogP) is 3.63. The Labute approximate surface area is 138 Å². The number of hydrogen-bond acceptors (Lipinski definition) is 3. The molecule has 146 valence electrons. The van der Waals surface area contributed by atoms with Gasteiger partial charge in [-0.15, -0.1) is 0 Å². The minimum atomic E-state index is -6.48. The molecular formula is C13H8F8O5. The summed E-state index contributed by atoms with van der Waals surface area (Å²) < 4.78 is 106. The van der Waals surface area contributed by atoms with Gasteiger partial charge in [0, 0.05) is 0 Å². The third-order valence-corrected chi connectivity index (χ3v) is 3.02. The smallest absolute Gasteiger partial charge is 0.381 e. The summed E-state index contributed by atoms with van der Waals surface area (Å²) in [4.78, 5) is 21.7. The molecule has 0 atom stereocenters. The molecule has 0 spiro atoms. The summed E-state index contributed by atoms with van der Waals surface area (Å²) in [5.74, 6) is -23.0. The van der Waals surface area contributed by atoms with Gasteiger partial charge < -0.3 is 14.9 Å². The van der Waals surface area contributed by atoms with Crippen LogP contribution in [0.4, 0.5) is 35.1 Å². The van der Waals surface area contributed by atoms with Crippen LogP contribution in [0.15, 0.2) is 18.2 Å². The summed E-state index contributed by atoms with van der Waals surface area (Å²) in [6.45, 7) is -2.51. The Kier molecular flexibility index (Phi) is 5.74. The van der Waals surface area contributed by atoms with Crippen molar-refractivity contribution in [2.24, 2.45) is 0 Å². The Bertz CT molecular complexity index is 704. The lowest BCUT2D eigenvalue weighted by molar-refractivity contribution is -0.342. The largest absolute Gasteiger partial charge is 0.487 e. The van der Waals surface area contributed by atoms with E-state index < -0.39 is 59.6 Å². The highest BCUT2D eigenvalue weighted by atomic mass is 19.4. The van der Waals surface area contributed by atoms with Gasteiger partial charge in [0.25, 0.3) is 0 Å². The molecule has 1 rings (SSSR count). The summed E-state index contributed by atoms with van der Waals surface area (Å²) in [6, 6.07) is 1.53. The van der Waals surface area contributed by atoms with Crippen LogP contribution in [0.25, 0.3) is 0 Å². The SMILES string of the molecule is O=C(O)c1ccc(OCC(F)(F)C(F)(F)C(F)(F)C(F)F)cc1C(=O)O. The van der Waals surface area contributed by atoms with Crippen molar-refractivity contribution in [2.75, 3.05) is 6.61 Å². The molecule has 26 heavy (non-hydrogen) atoms. The number of ether oxygens (including phenoxy) is 1. The fourth-order valence-electron chi connectivity index (χ4n) is 1.62. The quantitative estimate of drug-likeness (QED) is 0.656. The average molecular weight is 396 g/mol. The van der Waals surface area contributed by atoms with E-state index in [-0.39, 0.29) is 0 Å². The molecule has 0 aromatic heterocycles. The van der Waals surface area contributed by atoms with Crippen molar-refractivity contribution in [1.82, 2.24) is 0 Å². The maximum atomic E-state index is 13.3. The predicted molar refractivity (Wildman–Crippen MR) is 66.7 cm³/mol. The highest BCUT2D eigenvalue weighted by Gasteiger charge is 2.75. The second-order valence-electron chi connectivity index (χ2n) is 4.81. The zero-order valence-corrected chi connectivity index (χ0v) is 12.2. The maximum absolute atomic E-state index is 13.3. The number of carboxylic acids is 2. The summed E-state index contributed by atoms with van der Waals surface area (Å²) in [5, 5.41) is 17.5. The highest BCUT2D eigenvalue weighted by Crippen LogP contribution is 2.48. The van der Waals surface area contributed by atoms with Gasteiger partial charge in [-0.3, -0.25) is 0 Å². The van der Waals surface area contributed by atoms with Crippen LogP contribution in [0, 0.1) is 0 Å². The van der Waals surface area contributed by atoms with E-state index >= 15 is 0 Å². The van der Waals surface area contributed by atoms with E-state index in [1.807, 2.05) is 0 Å². The van der Waals surface area contributed by atoms with Gasteiger partial charge in [0.1, 0.15) is 5.75 Å². The van der Waals surface area contributed by atoms with Crippen molar-refractivity contribution >= 4 is 11.9 Å². The van der Waals surface area contributed by atoms with E-state index in [1.165, 1.54) is 0 Å². The van der Waals surface area contributed by atoms with E-state index in [4.69, 9.17) is 10.2 Å². The highest BCUT2D eigenvalue weighted by molar-refractivity contribution is 6.01. The zero-order valence-electron chi connectivity index (χ0n) is 12.2. The van der Waals surface area contributed by atoms with Crippen LogP contribution in [-0.4, -0.2) is 53.0 Å². The van der Waals surface area contributed by atoms with E-state index in [0.717, 1.165) is 0 Å². The van der Waals surface area contributed by atoms with Crippen LogP contribution in [0.5, 0.6) is 5.75 Å². The van der Waals surface area contributed by atoms with Crippen LogP contribution in [-0.2, 0) is 0 Å². The fourth-order valence-corrected chi connectivity index (χ4v) is 1.62. The lowest BCUT2D eigenvalue weighted by Crippen LogP contribution is -2.59. The summed E-state index contributed by atoms with van der Waals surface area (Å²) in [7, 11) is 0. The monoisotopic (exact) mass is 396 g/mol. The lowest BCUT2D eigenvalue weighted by atomic mass is 10.1. The Balaban J connectivity index is 3.09. The van der Waals surface area contributed by atoms with Crippen LogP contribution in [0.1, 0.15) is 20.7 Å². The normalized spacial score (nSPS) is 13.0. The second-order valence-corrected chi connectivity index (χ2v) is 4.81. The molecule has 0 bridgehead atoms.